The number of carbonyl (C=O) groups excluding carboxylic acids is 2. The number of ether oxygens (including phenoxy) is 2. The molecule has 0 radical (unpaired) electrons. The number of aryl methyl sites for hydroxylation is 1. The number of rotatable bonds is 14. The molecule has 0 bridgehead atoms. The summed E-state index contributed by atoms with van der Waals surface area (Å²) in [5.74, 6) is 2.58. The van der Waals surface area contributed by atoms with E-state index in [1.165, 1.54) is 67.7 Å². The van der Waals surface area contributed by atoms with E-state index in [0.717, 1.165) is 49.0 Å². The van der Waals surface area contributed by atoms with Crippen molar-refractivity contribution in [1.82, 2.24) is 0 Å². The maximum absolute atomic E-state index is 12.0. The van der Waals surface area contributed by atoms with E-state index in [4.69, 9.17) is 14.6 Å². The molecule has 2 aliphatic carbocycles. The van der Waals surface area contributed by atoms with Gasteiger partial charge in [0.2, 0.25) is 0 Å². The zero-order valence-corrected chi connectivity index (χ0v) is 25.6. The number of benzene rings is 2. The monoisotopic (exact) mass is 584 g/mol. The van der Waals surface area contributed by atoms with Crippen molar-refractivity contribution in [2.45, 2.75) is 83.0 Å². The van der Waals surface area contributed by atoms with Crippen molar-refractivity contribution in [3.05, 3.63) is 91.1 Å². The maximum Gasteiger partial charge on any atom is 0.335 e. The number of aliphatic hydroxyl groups excluding tert-OH is 1. The summed E-state index contributed by atoms with van der Waals surface area (Å²) in [5, 5.41) is 8.99. The van der Waals surface area contributed by atoms with Crippen LogP contribution in [-0.2, 0) is 20.7 Å². The molecule has 0 heterocycles. The van der Waals surface area contributed by atoms with E-state index in [1.807, 2.05) is 6.07 Å². The summed E-state index contributed by atoms with van der Waals surface area (Å²) >= 11 is 0. The van der Waals surface area contributed by atoms with E-state index in [1.54, 1.807) is 0 Å². The second-order valence-corrected chi connectivity index (χ2v) is 12.3. The fourth-order valence-corrected chi connectivity index (χ4v) is 7.02. The molecule has 0 unspecified atom stereocenters. The Morgan fingerprint density at radius 1 is 0.907 bits per heavy atom. The van der Waals surface area contributed by atoms with Crippen LogP contribution in [0, 0.1) is 17.8 Å². The Kier molecular flexibility index (Phi) is 12.4. The van der Waals surface area contributed by atoms with Gasteiger partial charge in [0.05, 0.1) is 18.8 Å². The van der Waals surface area contributed by atoms with Gasteiger partial charge in [-0.05, 0) is 122 Å². The van der Waals surface area contributed by atoms with Crippen molar-refractivity contribution >= 4 is 11.9 Å². The summed E-state index contributed by atoms with van der Waals surface area (Å²) in [6.07, 6.45) is 17.5. The van der Waals surface area contributed by atoms with E-state index in [0.29, 0.717) is 18.1 Å². The number of aliphatic hydroxyl groups is 1. The Morgan fingerprint density at radius 3 is 2.21 bits per heavy atom. The molecular weight excluding hydrogens is 536 g/mol. The van der Waals surface area contributed by atoms with E-state index >= 15 is 0 Å². The van der Waals surface area contributed by atoms with Crippen LogP contribution < -0.4 is 4.74 Å². The molecule has 230 valence electrons. The molecule has 2 aromatic carbocycles. The molecule has 2 saturated carbocycles. The average molecular weight is 585 g/mol. The molecule has 1 N–H and O–H groups in total. The lowest BCUT2D eigenvalue weighted by molar-refractivity contribution is -0.139. The summed E-state index contributed by atoms with van der Waals surface area (Å²) in [6.45, 7) is 10.8. The largest absolute Gasteiger partial charge is 0.462 e. The van der Waals surface area contributed by atoms with Gasteiger partial charge in [-0.1, -0.05) is 62.4 Å². The Bertz CT molecular complexity index is 1240. The van der Waals surface area contributed by atoms with Gasteiger partial charge < -0.3 is 14.6 Å². The van der Waals surface area contributed by atoms with Gasteiger partial charge in [-0.3, -0.25) is 0 Å². The van der Waals surface area contributed by atoms with Crippen LogP contribution in [0.3, 0.4) is 0 Å². The van der Waals surface area contributed by atoms with Gasteiger partial charge in [0.1, 0.15) is 5.75 Å². The highest BCUT2D eigenvalue weighted by molar-refractivity contribution is 5.87. The van der Waals surface area contributed by atoms with Crippen LogP contribution in [-0.4, -0.2) is 30.3 Å². The highest BCUT2D eigenvalue weighted by Gasteiger charge is 2.32. The summed E-state index contributed by atoms with van der Waals surface area (Å²) < 4.78 is 10.7. The summed E-state index contributed by atoms with van der Waals surface area (Å²) in [5.41, 5.74) is 4.82. The fourth-order valence-electron chi connectivity index (χ4n) is 7.02. The van der Waals surface area contributed by atoms with Crippen molar-refractivity contribution in [1.29, 1.82) is 0 Å². The van der Waals surface area contributed by atoms with E-state index in [-0.39, 0.29) is 18.8 Å². The second kappa shape index (κ2) is 16.4. The third kappa shape index (κ3) is 9.27. The SMILES string of the molecule is C=CCCC1CCC(C2CCC(c3cc(OC(=O)C=C)ccc3-c3ccc(CCCOC(=O)C(=C)CO)cc3)CC2)CC1. The molecule has 0 aliphatic heterocycles. The number of esters is 2. The third-order valence-corrected chi connectivity index (χ3v) is 9.54. The van der Waals surface area contributed by atoms with Gasteiger partial charge in [0.25, 0.3) is 0 Å². The first-order chi connectivity index (χ1) is 20.9. The molecule has 0 atom stereocenters. The molecule has 2 fully saturated rings. The number of hydrogen-bond donors (Lipinski definition) is 1. The van der Waals surface area contributed by atoms with Crippen molar-refractivity contribution in [3.63, 3.8) is 0 Å². The summed E-state index contributed by atoms with van der Waals surface area (Å²) in [4.78, 5) is 23.6. The average Bonchev–Trinajstić information content (AvgIpc) is 3.05. The Hall–Kier alpha value is -3.44. The summed E-state index contributed by atoms with van der Waals surface area (Å²) in [6, 6.07) is 14.6. The van der Waals surface area contributed by atoms with E-state index < -0.39 is 11.9 Å². The van der Waals surface area contributed by atoms with Gasteiger partial charge in [-0.2, -0.15) is 0 Å². The zero-order chi connectivity index (χ0) is 30.6. The van der Waals surface area contributed by atoms with Crippen molar-refractivity contribution in [2.75, 3.05) is 13.2 Å². The van der Waals surface area contributed by atoms with Gasteiger partial charge in [-0.25, -0.2) is 9.59 Å². The third-order valence-electron chi connectivity index (χ3n) is 9.54. The standard InChI is InChI=1S/C38H48O5/c1-4-6-8-28-10-14-30(15-11-28)31-18-20-33(21-19-31)36-25-34(43-37(40)5-2)22-23-35(36)32-16-12-29(13-17-32)9-7-24-42-38(41)27(3)26-39/h4-5,12-13,16-17,22-23,25,28,30-31,33,39H,1-3,6-11,14-15,18-21,24,26H2. The number of hydrogen-bond acceptors (Lipinski definition) is 5. The van der Waals surface area contributed by atoms with Crippen LogP contribution in [0.1, 0.15) is 87.7 Å². The maximum atomic E-state index is 12.0. The molecule has 0 aromatic heterocycles. The lowest BCUT2D eigenvalue weighted by Gasteiger charge is -2.38. The minimum Gasteiger partial charge on any atom is -0.462 e. The molecule has 2 aromatic rings. The predicted molar refractivity (Wildman–Crippen MR) is 173 cm³/mol. The second-order valence-electron chi connectivity index (χ2n) is 12.3. The minimum atomic E-state index is -0.548. The van der Waals surface area contributed by atoms with Gasteiger partial charge in [-0.15, -0.1) is 6.58 Å². The van der Waals surface area contributed by atoms with Gasteiger partial charge in [0, 0.05) is 6.08 Å². The normalized spacial score (nSPS) is 21.9. The molecule has 0 saturated heterocycles. The minimum absolute atomic E-state index is 0.0703. The van der Waals surface area contributed by atoms with Crippen molar-refractivity contribution < 1.29 is 24.2 Å². The van der Waals surface area contributed by atoms with Crippen molar-refractivity contribution in [3.8, 4) is 16.9 Å². The Balaban J connectivity index is 1.40. The van der Waals surface area contributed by atoms with Gasteiger partial charge >= 0.3 is 11.9 Å². The fraction of sp³-hybridized carbons (Fsp3) is 0.474. The predicted octanol–water partition coefficient (Wildman–Crippen LogP) is 8.52. The smallest absolute Gasteiger partial charge is 0.335 e. The molecule has 43 heavy (non-hydrogen) atoms. The van der Waals surface area contributed by atoms with Crippen molar-refractivity contribution in [2.24, 2.45) is 17.8 Å². The van der Waals surface area contributed by atoms with Crippen LogP contribution in [0.2, 0.25) is 0 Å². The molecular formula is C38H48O5. The van der Waals surface area contributed by atoms with Crippen LogP contribution in [0.4, 0.5) is 0 Å². The summed E-state index contributed by atoms with van der Waals surface area (Å²) in [7, 11) is 0. The molecule has 2 aliphatic rings. The van der Waals surface area contributed by atoms with Gasteiger partial charge in [0.15, 0.2) is 0 Å². The highest BCUT2D eigenvalue weighted by atomic mass is 16.5. The molecule has 4 rings (SSSR count). The van der Waals surface area contributed by atoms with Crippen LogP contribution >= 0.6 is 0 Å². The Morgan fingerprint density at radius 2 is 1.58 bits per heavy atom. The lowest BCUT2D eigenvalue weighted by atomic mass is 9.67. The molecule has 0 spiro atoms. The highest BCUT2D eigenvalue weighted by Crippen LogP contribution is 2.46. The quantitative estimate of drug-likeness (QED) is 0.0792. The van der Waals surface area contributed by atoms with Crippen LogP contribution in [0.5, 0.6) is 5.75 Å². The first-order valence-electron chi connectivity index (χ1n) is 16.1. The topological polar surface area (TPSA) is 72.8 Å². The first-order valence-corrected chi connectivity index (χ1v) is 16.1. The van der Waals surface area contributed by atoms with Crippen LogP contribution in [0.15, 0.2) is 79.9 Å². The number of carbonyl (C=O) groups is 2. The molecule has 5 nitrogen and oxygen atoms in total. The van der Waals surface area contributed by atoms with E-state index in [2.05, 4.69) is 62.2 Å². The molecule has 5 heteroatoms. The van der Waals surface area contributed by atoms with Crippen LogP contribution in [0.25, 0.3) is 11.1 Å². The first kappa shape index (κ1) is 32.5. The Labute approximate surface area is 257 Å². The van der Waals surface area contributed by atoms with E-state index in [9.17, 15) is 9.59 Å². The number of allylic oxidation sites excluding steroid dienone is 1. The lowest BCUT2D eigenvalue weighted by Crippen LogP contribution is -2.25. The zero-order valence-electron chi connectivity index (χ0n) is 25.6. The molecule has 0 amide bonds.